The molecule has 0 radical (unpaired) electrons. The van der Waals surface area contributed by atoms with E-state index in [-0.39, 0.29) is 16.1 Å². The summed E-state index contributed by atoms with van der Waals surface area (Å²) in [5, 5.41) is 3.06. The number of carbonyl (C=O) groups excluding carboxylic acids is 1. The Kier molecular flexibility index (Phi) is 7.15. The van der Waals surface area contributed by atoms with E-state index in [4.69, 9.17) is 0 Å². The first-order valence-electron chi connectivity index (χ1n) is 9.53. The van der Waals surface area contributed by atoms with Crippen molar-refractivity contribution in [3.8, 4) is 0 Å². The number of thioether (sulfide) groups is 1. The molecule has 1 heterocycles. The summed E-state index contributed by atoms with van der Waals surface area (Å²) in [4.78, 5) is 12.5. The highest BCUT2D eigenvalue weighted by atomic mass is 32.2. The van der Waals surface area contributed by atoms with Crippen molar-refractivity contribution in [2.75, 3.05) is 24.2 Å². The minimum Gasteiger partial charge on any atom is -0.325 e. The molecule has 0 aliphatic carbocycles. The summed E-state index contributed by atoms with van der Waals surface area (Å²) in [7, 11) is -3.44. The van der Waals surface area contributed by atoms with E-state index in [0.29, 0.717) is 24.5 Å². The predicted molar refractivity (Wildman–Crippen MR) is 115 cm³/mol. The van der Waals surface area contributed by atoms with E-state index in [1.54, 1.807) is 40.3 Å². The van der Waals surface area contributed by atoms with Gasteiger partial charge in [-0.25, -0.2) is 8.42 Å². The van der Waals surface area contributed by atoms with Crippen LogP contribution in [0.5, 0.6) is 0 Å². The van der Waals surface area contributed by atoms with Crippen LogP contribution < -0.4 is 5.32 Å². The van der Waals surface area contributed by atoms with Gasteiger partial charge in [0, 0.05) is 24.0 Å². The van der Waals surface area contributed by atoms with Crippen molar-refractivity contribution < 1.29 is 13.2 Å². The Morgan fingerprint density at radius 1 is 1.04 bits per heavy atom. The van der Waals surface area contributed by atoms with Gasteiger partial charge in [-0.05, 0) is 49.6 Å². The van der Waals surface area contributed by atoms with E-state index in [1.807, 2.05) is 18.2 Å². The van der Waals surface area contributed by atoms with Gasteiger partial charge in [-0.2, -0.15) is 4.31 Å². The summed E-state index contributed by atoms with van der Waals surface area (Å²) in [6.07, 6.45) is 2.90. The van der Waals surface area contributed by atoms with Crippen LogP contribution >= 0.6 is 11.8 Å². The summed E-state index contributed by atoms with van der Waals surface area (Å²) in [6, 6.07) is 16.5. The van der Waals surface area contributed by atoms with Crippen molar-refractivity contribution in [3.05, 3.63) is 60.2 Å². The third-order valence-electron chi connectivity index (χ3n) is 4.82. The Morgan fingerprint density at radius 2 is 1.68 bits per heavy atom. The first-order valence-corrected chi connectivity index (χ1v) is 12.0. The number of carbonyl (C=O) groups is 1. The van der Waals surface area contributed by atoms with Crippen LogP contribution in [-0.2, 0) is 14.8 Å². The molecule has 0 bridgehead atoms. The molecule has 1 atom stereocenters. The number of hydrogen-bond donors (Lipinski definition) is 1. The highest BCUT2D eigenvalue weighted by Crippen LogP contribution is 2.28. The normalized spacial score (nSPS) is 16.5. The molecule has 5 nitrogen and oxygen atoms in total. The van der Waals surface area contributed by atoms with Crippen molar-refractivity contribution in [1.82, 2.24) is 4.31 Å². The molecule has 3 rings (SSSR count). The molecule has 150 valence electrons. The minimum atomic E-state index is -3.44. The predicted octanol–water partition coefficient (Wildman–Crippen LogP) is 4.29. The first kappa shape index (κ1) is 20.9. The van der Waals surface area contributed by atoms with Crippen LogP contribution in [0, 0.1) is 0 Å². The minimum absolute atomic E-state index is 0.0978. The zero-order valence-corrected chi connectivity index (χ0v) is 17.6. The molecule has 0 aromatic heterocycles. The van der Waals surface area contributed by atoms with E-state index < -0.39 is 10.0 Å². The zero-order chi connectivity index (χ0) is 20.0. The van der Waals surface area contributed by atoms with Gasteiger partial charge >= 0.3 is 0 Å². The number of piperidine rings is 1. The van der Waals surface area contributed by atoms with Crippen LogP contribution in [0.2, 0.25) is 0 Å². The van der Waals surface area contributed by atoms with Crippen molar-refractivity contribution in [2.45, 2.75) is 36.3 Å². The maximum atomic E-state index is 12.7. The Morgan fingerprint density at radius 3 is 2.32 bits per heavy atom. The molecule has 1 fully saturated rings. The summed E-state index contributed by atoms with van der Waals surface area (Å²) >= 11 is 1.57. The van der Waals surface area contributed by atoms with Gasteiger partial charge in [0.2, 0.25) is 15.9 Å². The van der Waals surface area contributed by atoms with Crippen LogP contribution in [-0.4, -0.2) is 37.5 Å². The number of nitrogens with one attached hydrogen (secondary N) is 1. The second-order valence-electron chi connectivity index (χ2n) is 6.90. The van der Waals surface area contributed by atoms with Crippen LogP contribution in [0.25, 0.3) is 0 Å². The quantitative estimate of drug-likeness (QED) is 0.728. The second-order valence-corrected chi connectivity index (χ2v) is 10.2. The topological polar surface area (TPSA) is 66.5 Å². The summed E-state index contributed by atoms with van der Waals surface area (Å²) in [5.41, 5.74) is 1.79. The van der Waals surface area contributed by atoms with Gasteiger partial charge in [-0.1, -0.05) is 36.8 Å². The molecule has 1 saturated heterocycles. The van der Waals surface area contributed by atoms with Crippen molar-refractivity contribution >= 4 is 33.4 Å². The molecule has 1 amide bonds. The molecule has 2 aromatic rings. The highest BCUT2D eigenvalue weighted by molar-refractivity contribution is 8.00. The lowest BCUT2D eigenvalue weighted by atomic mass is 10.2. The number of amides is 1. The Labute approximate surface area is 171 Å². The number of rotatable bonds is 7. The molecular formula is C21H26N2O3S2. The van der Waals surface area contributed by atoms with E-state index in [0.717, 1.165) is 19.3 Å². The molecule has 1 aliphatic heterocycles. The molecule has 2 aromatic carbocycles. The lowest BCUT2D eigenvalue weighted by molar-refractivity contribution is -0.113. The number of hydrogen-bond acceptors (Lipinski definition) is 4. The third kappa shape index (κ3) is 5.37. The fraction of sp³-hybridized carbons (Fsp3) is 0.381. The molecule has 28 heavy (non-hydrogen) atoms. The van der Waals surface area contributed by atoms with Gasteiger partial charge in [-0.15, -0.1) is 11.8 Å². The highest BCUT2D eigenvalue weighted by Gasteiger charge is 2.25. The SMILES string of the molecule is C[C@H](SCC(=O)Nc1ccc(S(=O)(=O)N2CCCCC2)cc1)c1ccccc1. The second kappa shape index (κ2) is 9.58. The van der Waals surface area contributed by atoms with Gasteiger partial charge < -0.3 is 5.32 Å². The van der Waals surface area contributed by atoms with Crippen LogP contribution in [0.15, 0.2) is 59.5 Å². The van der Waals surface area contributed by atoms with Crippen molar-refractivity contribution in [2.24, 2.45) is 0 Å². The largest absolute Gasteiger partial charge is 0.325 e. The summed E-state index contributed by atoms with van der Waals surface area (Å²) < 4.78 is 26.9. The van der Waals surface area contributed by atoms with Gasteiger partial charge in [-0.3, -0.25) is 4.79 Å². The number of sulfonamides is 1. The van der Waals surface area contributed by atoms with Crippen molar-refractivity contribution in [3.63, 3.8) is 0 Å². The summed E-state index contributed by atoms with van der Waals surface area (Å²) in [6.45, 7) is 3.24. The maximum Gasteiger partial charge on any atom is 0.243 e. The monoisotopic (exact) mass is 418 g/mol. The average molecular weight is 419 g/mol. The molecule has 1 aliphatic rings. The van der Waals surface area contributed by atoms with E-state index in [2.05, 4.69) is 24.4 Å². The van der Waals surface area contributed by atoms with E-state index in [9.17, 15) is 13.2 Å². The van der Waals surface area contributed by atoms with Gasteiger partial charge in [0.1, 0.15) is 0 Å². The average Bonchev–Trinajstić information content (AvgIpc) is 2.73. The van der Waals surface area contributed by atoms with Gasteiger partial charge in [0.05, 0.1) is 10.6 Å². The van der Waals surface area contributed by atoms with Crippen LogP contribution in [0.4, 0.5) is 5.69 Å². The fourth-order valence-corrected chi connectivity index (χ4v) is 5.52. The van der Waals surface area contributed by atoms with Crippen molar-refractivity contribution in [1.29, 1.82) is 0 Å². The van der Waals surface area contributed by atoms with Crippen LogP contribution in [0.1, 0.15) is 37.0 Å². The lowest BCUT2D eigenvalue weighted by Gasteiger charge is -2.25. The fourth-order valence-electron chi connectivity index (χ4n) is 3.18. The standard InChI is InChI=1S/C21H26N2O3S2/c1-17(18-8-4-2-5-9-18)27-16-21(24)22-19-10-12-20(13-11-19)28(25,26)23-14-6-3-7-15-23/h2,4-5,8-13,17H,3,6-7,14-16H2,1H3,(H,22,24)/t17-/m0/s1. The molecule has 7 heteroatoms. The Balaban J connectivity index is 1.54. The third-order valence-corrected chi connectivity index (χ3v) is 7.94. The van der Waals surface area contributed by atoms with E-state index in [1.165, 1.54) is 5.56 Å². The molecule has 1 N–H and O–H groups in total. The van der Waals surface area contributed by atoms with E-state index >= 15 is 0 Å². The Bertz CT molecular complexity index is 878. The Hall–Kier alpha value is -1.83. The number of nitrogens with zero attached hydrogens (tertiary/aromatic N) is 1. The first-order chi connectivity index (χ1) is 13.5. The van der Waals surface area contributed by atoms with Gasteiger partial charge in [0.25, 0.3) is 0 Å². The number of anilines is 1. The molecule has 0 unspecified atom stereocenters. The zero-order valence-electron chi connectivity index (χ0n) is 16.0. The molecular weight excluding hydrogens is 392 g/mol. The molecule has 0 saturated carbocycles. The van der Waals surface area contributed by atoms with Gasteiger partial charge in [0.15, 0.2) is 0 Å². The number of benzene rings is 2. The smallest absolute Gasteiger partial charge is 0.243 e. The van der Waals surface area contributed by atoms with Crippen LogP contribution in [0.3, 0.4) is 0 Å². The lowest BCUT2D eigenvalue weighted by Crippen LogP contribution is -2.35. The maximum absolute atomic E-state index is 12.7. The summed E-state index contributed by atoms with van der Waals surface area (Å²) in [5.74, 6) is 0.239. The molecule has 0 spiro atoms.